The third-order valence-corrected chi connectivity index (χ3v) is 3.36. The van der Waals surface area contributed by atoms with Gasteiger partial charge in [0.05, 0.1) is 6.54 Å². The number of rotatable bonds is 5. The molecule has 1 aromatic carbocycles. The Hall–Kier alpha value is -1.35. The molecule has 0 atom stereocenters. The molecule has 0 aliphatic rings. The lowest BCUT2D eigenvalue weighted by atomic mass is 9.97. The average molecular weight is 234 g/mol. The molecule has 1 aromatic rings. The maximum atomic E-state index is 10.8. The smallest absolute Gasteiger partial charge is 0.231 e. The topological polar surface area (TPSA) is 46.3 Å². The molecule has 0 saturated heterocycles. The molecule has 1 amide bonds. The fourth-order valence-corrected chi connectivity index (χ4v) is 1.94. The molecule has 0 aliphatic carbocycles. The van der Waals surface area contributed by atoms with Gasteiger partial charge in [-0.1, -0.05) is 12.1 Å². The van der Waals surface area contributed by atoms with Gasteiger partial charge in [-0.15, -0.1) is 0 Å². The Morgan fingerprint density at radius 3 is 2.47 bits per heavy atom. The van der Waals surface area contributed by atoms with E-state index < -0.39 is 0 Å². The first-order valence-corrected chi connectivity index (χ1v) is 5.94. The molecule has 0 heterocycles. The molecule has 94 valence electrons. The number of nitrogens with two attached hydrogens (primary N) is 1. The molecule has 0 radical (unpaired) electrons. The number of primary amides is 1. The van der Waals surface area contributed by atoms with Gasteiger partial charge in [0.1, 0.15) is 0 Å². The second-order valence-electron chi connectivity index (χ2n) is 4.75. The molecule has 1 rings (SSSR count). The normalized spacial score (nSPS) is 10.9. The molecular weight excluding hydrogens is 212 g/mol. The van der Waals surface area contributed by atoms with Crippen LogP contribution in [0.4, 0.5) is 0 Å². The third-order valence-electron chi connectivity index (χ3n) is 3.36. The molecule has 0 bridgehead atoms. The molecule has 0 aliphatic heterocycles. The maximum Gasteiger partial charge on any atom is 0.231 e. The van der Waals surface area contributed by atoms with Crippen molar-refractivity contribution in [2.75, 3.05) is 20.1 Å². The van der Waals surface area contributed by atoms with Crippen LogP contribution in [0.25, 0.3) is 0 Å². The van der Waals surface area contributed by atoms with Crippen molar-refractivity contribution >= 4 is 5.91 Å². The van der Waals surface area contributed by atoms with E-state index in [4.69, 9.17) is 5.73 Å². The minimum atomic E-state index is -0.274. The van der Waals surface area contributed by atoms with Gasteiger partial charge in [0, 0.05) is 6.54 Å². The van der Waals surface area contributed by atoms with Crippen molar-refractivity contribution in [2.24, 2.45) is 5.73 Å². The predicted octanol–water partition coefficient (Wildman–Crippen LogP) is 1.57. The van der Waals surface area contributed by atoms with Gasteiger partial charge < -0.3 is 5.73 Å². The molecule has 3 nitrogen and oxygen atoms in total. The zero-order valence-corrected chi connectivity index (χ0v) is 11.2. The van der Waals surface area contributed by atoms with Gasteiger partial charge in [0.2, 0.25) is 5.91 Å². The lowest BCUT2D eigenvalue weighted by Crippen LogP contribution is -2.32. The lowest BCUT2D eigenvalue weighted by molar-refractivity contribution is -0.118. The Labute approximate surface area is 104 Å². The van der Waals surface area contributed by atoms with Gasteiger partial charge in [-0.25, -0.2) is 0 Å². The fourth-order valence-electron chi connectivity index (χ4n) is 1.94. The van der Waals surface area contributed by atoms with Gasteiger partial charge in [0.25, 0.3) is 0 Å². The van der Waals surface area contributed by atoms with E-state index in [1.165, 1.54) is 22.3 Å². The van der Waals surface area contributed by atoms with Crippen LogP contribution < -0.4 is 5.73 Å². The predicted molar refractivity (Wildman–Crippen MR) is 71.0 cm³/mol. The number of likely N-dealkylation sites (N-methyl/N-ethyl adjacent to an activating group) is 1. The minimum absolute atomic E-state index is 0.274. The number of nitrogens with zero attached hydrogens (tertiary/aromatic N) is 1. The summed E-state index contributed by atoms with van der Waals surface area (Å²) in [7, 11) is 1.92. The zero-order valence-electron chi connectivity index (χ0n) is 11.2. The monoisotopic (exact) mass is 234 g/mol. The number of hydrogen-bond donors (Lipinski definition) is 1. The molecule has 0 unspecified atom stereocenters. The van der Waals surface area contributed by atoms with E-state index in [0.717, 1.165) is 13.0 Å². The Morgan fingerprint density at radius 1 is 1.24 bits per heavy atom. The maximum absolute atomic E-state index is 10.8. The molecule has 3 heteroatoms. The van der Waals surface area contributed by atoms with Crippen LogP contribution in [0.5, 0.6) is 0 Å². The van der Waals surface area contributed by atoms with E-state index in [1.54, 1.807) is 0 Å². The Morgan fingerprint density at radius 2 is 1.88 bits per heavy atom. The number of benzene rings is 1. The van der Waals surface area contributed by atoms with Gasteiger partial charge >= 0.3 is 0 Å². The van der Waals surface area contributed by atoms with Crippen LogP contribution in [-0.2, 0) is 11.2 Å². The quantitative estimate of drug-likeness (QED) is 0.840. The van der Waals surface area contributed by atoms with Crippen LogP contribution in [0.2, 0.25) is 0 Å². The summed E-state index contributed by atoms with van der Waals surface area (Å²) in [6.07, 6.45) is 0.955. The SMILES string of the molecule is Cc1ccc(CCN(C)CC(N)=O)c(C)c1C. The van der Waals surface area contributed by atoms with Crippen molar-refractivity contribution in [1.82, 2.24) is 4.90 Å². The number of amides is 1. The zero-order chi connectivity index (χ0) is 13.0. The van der Waals surface area contributed by atoms with Crippen molar-refractivity contribution < 1.29 is 4.79 Å². The van der Waals surface area contributed by atoms with E-state index in [2.05, 4.69) is 32.9 Å². The highest BCUT2D eigenvalue weighted by Crippen LogP contribution is 2.17. The van der Waals surface area contributed by atoms with Gasteiger partial charge in [0.15, 0.2) is 0 Å². The highest BCUT2D eigenvalue weighted by molar-refractivity contribution is 5.75. The van der Waals surface area contributed by atoms with Crippen molar-refractivity contribution in [3.63, 3.8) is 0 Å². The van der Waals surface area contributed by atoms with Crippen LogP contribution in [0.3, 0.4) is 0 Å². The Kier molecular flexibility index (Phi) is 4.70. The van der Waals surface area contributed by atoms with Crippen molar-refractivity contribution in [2.45, 2.75) is 27.2 Å². The molecule has 0 saturated carbocycles. The molecule has 0 spiro atoms. The summed E-state index contributed by atoms with van der Waals surface area (Å²) >= 11 is 0. The van der Waals surface area contributed by atoms with Crippen LogP contribution in [-0.4, -0.2) is 30.9 Å². The summed E-state index contributed by atoms with van der Waals surface area (Å²) < 4.78 is 0. The third kappa shape index (κ3) is 3.86. The number of carbonyl (C=O) groups excluding carboxylic acids is 1. The fraction of sp³-hybridized carbons (Fsp3) is 0.500. The van der Waals surface area contributed by atoms with E-state index >= 15 is 0 Å². The highest BCUT2D eigenvalue weighted by Gasteiger charge is 2.06. The van der Waals surface area contributed by atoms with Gasteiger partial charge in [-0.2, -0.15) is 0 Å². The Bertz CT molecular complexity index is 413. The molecular formula is C14H22N2O. The standard InChI is InChI=1S/C14H22N2O/c1-10-5-6-13(12(3)11(10)2)7-8-16(4)9-14(15)17/h5-6H,7-9H2,1-4H3,(H2,15,17). The van der Waals surface area contributed by atoms with Crippen LogP contribution in [0.1, 0.15) is 22.3 Å². The van der Waals surface area contributed by atoms with Crippen LogP contribution >= 0.6 is 0 Å². The first-order chi connectivity index (χ1) is 7.91. The first kappa shape index (κ1) is 13.7. The number of aryl methyl sites for hydroxylation is 1. The molecule has 17 heavy (non-hydrogen) atoms. The summed E-state index contributed by atoms with van der Waals surface area (Å²) in [5.74, 6) is -0.274. The highest BCUT2D eigenvalue weighted by atomic mass is 16.1. The van der Waals surface area contributed by atoms with Crippen molar-refractivity contribution in [3.8, 4) is 0 Å². The van der Waals surface area contributed by atoms with Crippen LogP contribution in [0, 0.1) is 20.8 Å². The largest absolute Gasteiger partial charge is 0.369 e. The summed E-state index contributed by atoms with van der Waals surface area (Å²) in [4.78, 5) is 12.7. The molecule has 0 fully saturated rings. The van der Waals surface area contributed by atoms with E-state index in [1.807, 2.05) is 11.9 Å². The molecule has 0 aromatic heterocycles. The first-order valence-electron chi connectivity index (χ1n) is 5.94. The lowest BCUT2D eigenvalue weighted by Gasteiger charge is -2.16. The van der Waals surface area contributed by atoms with Crippen LogP contribution in [0.15, 0.2) is 12.1 Å². The van der Waals surface area contributed by atoms with E-state index in [0.29, 0.717) is 6.54 Å². The number of hydrogen-bond acceptors (Lipinski definition) is 2. The molecule has 2 N–H and O–H groups in total. The van der Waals surface area contributed by atoms with Gasteiger partial charge in [-0.05, 0) is 56.5 Å². The minimum Gasteiger partial charge on any atom is -0.369 e. The summed E-state index contributed by atoms with van der Waals surface area (Å²) in [6, 6.07) is 4.33. The second kappa shape index (κ2) is 5.82. The van der Waals surface area contributed by atoms with Crippen molar-refractivity contribution in [1.29, 1.82) is 0 Å². The van der Waals surface area contributed by atoms with E-state index in [9.17, 15) is 4.79 Å². The summed E-state index contributed by atoms with van der Waals surface area (Å²) in [6.45, 7) is 7.62. The average Bonchev–Trinajstić information content (AvgIpc) is 2.24. The Balaban J connectivity index is 2.64. The second-order valence-corrected chi connectivity index (χ2v) is 4.75. The van der Waals surface area contributed by atoms with E-state index in [-0.39, 0.29) is 5.91 Å². The number of carbonyl (C=O) groups is 1. The van der Waals surface area contributed by atoms with Gasteiger partial charge in [-0.3, -0.25) is 9.69 Å². The summed E-state index contributed by atoms with van der Waals surface area (Å²) in [5.41, 5.74) is 10.6. The van der Waals surface area contributed by atoms with Crippen molar-refractivity contribution in [3.05, 3.63) is 34.4 Å². The summed E-state index contributed by atoms with van der Waals surface area (Å²) in [5, 5.41) is 0.